The van der Waals surface area contributed by atoms with Crippen LogP contribution in [0.1, 0.15) is 5.56 Å². The normalized spacial score (nSPS) is 14.0. The number of hydrogen-bond acceptors (Lipinski definition) is 0. The molecular weight excluding hydrogens is 316 g/mol. The molecule has 0 bridgehead atoms. The van der Waals surface area contributed by atoms with Crippen LogP contribution in [-0.2, 0) is 6.42 Å². The van der Waals surface area contributed by atoms with Crippen LogP contribution >= 0.6 is 39.1 Å². The molecule has 6 heteroatoms. The fourth-order valence-electron chi connectivity index (χ4n) is 0.989. The van der Waals surface area contributed by atoms with Crippen LogP contribution in [0.2, 0.25) is 10.0 Å². The molecule has 0 saturated heterocycles. The van der Waals surface area contributed by atoms with Gasteiger partial charge in [0, 0.05) is 0 Å². The number of alkyl halides is 4. The Morgan fingerprint density at radius 2 is 1.80 bits per heavy atom. The third-order valence-electron chi connectivity index (χ3n) is 1.75. The highest BCUT2D eigenvalue weighted by atomic mass is 79.9. The van der Waals surface area contributed by atoms with Crippen LogP contribution in [0.3, 0.4) is 0 Å². The predicted molar refractivity (Wildman–Crippen MR) is 58.9 cm³/mol. The van der Waals surface area contributed by atoms with E-state index in [0.717, 1.165) is 0 Å². The van der Waals surface area contributed by atoms with Gasteiger partial charge in [-0.2, -0.15) is 13.2 Å². The molecule has 1 unspecified atom stereocenters. The molecule has 0 fully saturated rings. The van der Waals surface area contributed by atoms with Crippen LogP contribution in [0.5, 0.6) is 0 Å². The van der Waals surface area contributed by atoms with Crippen molar-refractivity contribution in [2.45, 2.75) is 17.4 Å². The molecule has 1 aromatic carbocycles. The molecule has 0 aliphatic rings. The molecular formula is C9H6BrCl2F3. The van der Waals surface area contributed by atoms with Crippen molar-refractivity contribution in [1.82, 2.24) is 0 Å². The van der Waals surface area contributed by atoms with Crippen LogP contribution in [0.25, 0.3) is 0 Å². The summed E-state index contributed by atoms with van der Waals surface area (Å²) in [5.41, 5.74) is 0.489. The lowest BCUT2D eigenvalue weighted by Crippen LogP contribution is -2.24. The number of hydrogen-bond donors (Lipinski definition) is 0. The summed E-state index contributed by atoms with van der Waals surface area (Å²) in [5, 5.41) is 0.592. The van der Waals surface area contributed by atoms with E-state index in [1.807, 2.05) is 0 Å². The van der Waals surface area contributed by atoms with Crippen molar-refractivity contribution in [3.8, 4) is 0 Å². The lowest BCUT2D eigenvalue weighted by molar-refractivity contribution is -0.126. The summed E-state index contributed by atoms with van der Waals surface area (Å²) < 4.78 is 36.6. The number of halogens is 6. The number of rotatable bonds is 2. The van der Waals surface area contributed by atoms with Gasteiger partial charge in [-0.1, -0.05) is 45.2 Å². The minimum Gasteiger partial charge on any atom is -0.170 e. The van der Waals surface area contributed by atoms with Gasteiger partial charge >= 0.3 is 6.18 Å². The fourth-order valence-corrected chi connectivity index (χ4v) is 1.68. The number of benzene rings is 1. The highest BCUT2D eigenvalue weighted by Gasteiger charge is 2.37. The van der Waals surface area contributed by atoms with E-state index < -0.39 is 11.0 Å². The van der Waals surface area contributed by atoms with Crippen molar-refractivity contribution < 1.29 is 13.2 Å². The molecule has 0 nitrogen and oxygen atoms in total. The van der Waals surface area contributed by atoms with Gasteiger partial charge in [0.25, 0.3) is 0 Å². The van der Waals surface area contributed by atoms with Gasteiger partial charge in [-0.15, -0.1) is 0 Å². The molecule has 0 radical (unpaired) electrons. The second kappa shape index (κ2) is 4.93. The van der Waals surface area contributed by atoms with Gasteiger partial charge in [-0.25, -0.2) is 0 Å². The summed E-state index contributed by atoms with van der Waals surface area (Å²) in [6.45, 7) is 0. The summed E-state index contributed by atoms with van der Waals surface area (Å²) in [5.74, 6) is 0. The topological polar surface area (TPSA) is 0 Å². The molecule has 0 N–H and O–H groups in total. The van der Waals surface area contributed by atoms with E-state index in [4.69, 9.17) is 23.2 Å². The predicted octanol–water partition coefficient (Wildman–Crippen LogP) is 4.86. The summed E-state index contributed by atoms with van der Waals surface area (Å²) in [7, 11) is 0. The van der Waals surface area contributed by atoms with E-state index in [0.29, 0.717) is 10.6 Å². The van der Waals surface area contributed by atoms with E-state index in [9.17, 15) is 13.2 Å². The fraction of sp³-hybridized carbons (Fsp3) is 0.333. The first-order chi connectivity index (χ1) is 6.80. The van der Waals surface area contributed by atoms with Crippen LogP contribution in [0.4, 0.5) is 13.2 Å². The third kappa shape index (κ3) is 3.85. The van der Waals surface area contributed by atoms with Crippen LogP contribution < -0.4 is 0 Å². The van der Waals surface area contributed by atoms with Gasteiger partial charge in [0.05, 0.1) is 10.0 Å². The molecule has 0 amide bonds. The zero-order chi connectivity index (χ0) is 11.6. The quantitative estimate of drug-likeness (QED) is 0.682. The largest absolute Gasteiger partial charge is 0.401 e. The Labute approximate surface area is 103 Å². The summed E-state index contributed by atoms with van der Waals surface area (Å²) in [4.78, 5) is -1.57. The van der Waals surface area contributed by atoms with Gasteiger partial charge < -0.3 is 0 Å². The Morgan fingerprint density at radius 1 is 1.20 bits per heavy atom. The molecule has 0 aliphatic heterocycles. The third-order valence-corrected chi connectivity index (χ3v) is 3.34. The summed E-state index contributed by atoms with van der Waals surface area (Å²) in [6.07, 6.45) is -4.42. The van der Waals surface area contributed by atoms with Gasteiger partial charge in [0.2, 0.25) is 0 Å². The molecule has 0 aromatic heterocycles. The maximum Gasteiger partial charge on any atom is 0.401 e. The molecule has 1 aromatic rings. The highest BCUT2D eigenvalue weighted by molar-refractivity contribution is 9.09. The van der Waals surface area contributed by atoms with Crippen molar-refractivity contribution in [2.75, 3.05) is 0 Å². The maximum absolute atomic E-state index is 12.2. The Kier molecular flexibility index (Phi) is 4.32. The van der Waals surface area contributed by atoms with Gasteiger partial charge in [-0.05, 0) is 24.1 Å². The van der Waals surface area contributed by atoms with Crippen molar-refractivity contribution in [1.29, 1.82) is 0 Å². The molecule has 0 heterocycles. The van der Waals surface area contributed by atoms with E-state index in [-0.39, 0.29) is 11.4 Å². The first-order valence-electron chi connectivity index (χ1n) is 3.95. The van der Waals surface area contributed by atoms with E-state index >= 15 is 0 Å². The minimum atomic E-state index is -4.26. The van der Waals surface area contributed by atoms with Crippen molar-refractivity contribution in [2.24, 2.45) is 0 Å². The van der Waals surface area contributed by atoms with Gasteiger partial charge in [0.15, 0.2) is 0 Å². The first-order valence-corrected chi connectivity index (χ1v) is 5.62. The monoisotopic (exact) mass is 320 g/mol. The summed E-state index contributed by atoms with van der Waals surface area (Å²) in [6, 6.07) is 4.44. The molecule has 0 spiro atoms. The average Bonchev–Trinajstić information content (AvgIpc) is 2.10. The lowest BCUT2D eigenvalue weighted by atomic mass is 10.1. The highest BCUT2D eigenvalue weighted by Crippen LogP contribution is 2.30. The summed E-state index contributed by atoms with van der Waals surface area (Å²) >= 11 is 13.9. The second-order valence-corrected chi connectivity index (χ2v) is 4.88. The smallest absolute Gasteiger partial charge is 0.170 e. The molecule has 15 heavy (non-hydrogen) atoms. The van der Waals surface area contributed by atoms with Crippen molar-refractivity contribution in [3.63, 3.8) is 0 Å². The van der Waals surface area contributed by atoms with Crippen LogP contribution in [0.15, 0.2) is 18.2 Å². The Balaban J connectivity index is 2.78. The van der Waals surface area contributed by atoms with Gasteiger partial charge in [-0.3, -0.25) is 0 Å². The average molecular weight is 322 g/mol. The molecule has 0 aliphatic carbocycles. The SMILES string of the molecule is FC(F)(F)C(Br)Cc1ccc(Cl)c(Cl)c1. The zero-order valence-electron chi connectivity index (χ0n) is 7.28. The van der Waals surface area contributed by atoms with E-state index in [2.05, 4.69) is 15.9 Å². The van der Waals surface area contributed by atoms with Crippen LogP contribution in [0, 0.1) is 0 Å². The molecule has 84 valence electrons. The molecule has 1 atom stereocenters. The maximum atomic E-state index is 12.2. The Hall–Kier alpha value is 0.0700. The molecule has 0 saturated carbocycles. The Morgan fingerprint density at radius 3 is 2.27 bits per heavy atom. The van der Waals surface area contributed by atoms with Crippen molar-refractivity contribution >= 4 is 39.1 Å². The Bertz CT molecular complexity index is 352. The lowest BCUT2D eigenvalue weighted by Gasteiger charge is -2.13. The second-order valence-electron chi connectivity index (χ2n) is 2.96. The van der Waals surface area contributed by atoms with Gasteiger partial charge in [0.1, 0.15) is 4.83 Å². The first kappa shape index (κ1) is 13.1. The zero-order valence-corrected chi connectivity index (χ0v) is 10.4. The minimum absolute atomic E-state index is 0.166. The van der Waals surface area contributed by atoms with Crippen LogP contribution in [-0.4, -0.2) is 11.0 Å². The standard InChI is InChI=1S/C9H6BrCl2F3/c10-8(9(13,14)15)4-5-1-2-6(11)7(12)3-5/h1-3,8H,4H2. The van der Waals surface area contributed by atoms with Crippen molar-refractivity contribution in [3.05, 3.63) is 33.8 Å². The molecule has 1 rings (SSSR count). The van der Waals surface area contributed by atoms with E-state index in [1.54, 1.807) is 0 Å². The van der Waals surface area contributed by atoms with E-state index in [1.165, 1.54) is 18.2 Å².